The summed E-state index contributed by atoms with van der Waals surface area (Å²) in [6, 6.07) is 40.4. The summed E-state index contributed by atoms with van der Waals surface area (Å²) < 4.78 is 0. The zero-order chi connectivity index (χ0) is 37.6. The van der Waals surface area contributed by atoms with E-state index in [0.29, 0.717) is 0 Å². The van der Waals surface area contributed by atoms with E-state index >= 15 is 0 Å². The second-order valence-electron chi connectivity index (χ2n) is 18.5. The molecule has 0 fully saturated rings. The third-order valence-electron chi connectivity index (χ3n) is 10.2. The second-order valence-corrected chi connectivity index (χ2v) is 18.5. The van der Waals surface area contributed by atoms with Crippen LogP contribution in [0.15, 0.2) is 109 Å². The van der Waals surface area contributed by atoms with Gasteiger partial charge in [0.25, 0.3) is 0 Å². The molecule has 0 heterocycles. The summed E-state index contributed by atoms with van der Waals surface area (Å²) >= 11 is 0. The quantitative estimate of drug-likeness (QED) is 0.160. The van der Waals surface area contributed by atoms with Gasteiger partial charge in [0.15, 0.2) is 0 Å². The van der Waals surface area contributed by atoms with E-state index in [0.717, 1.165) is 22.3 Å². The number of fused-ring (bicyclic) bond motifs is 2. The lowest BCUT2D eigenvalue weighted by atomic mass is 9.82. The van der Waals surface area contributed by atoms with Crippen LogP contribution in [0.2, 0.25) is 0 Å². The fourth-order valence-corrected chi connectivity index (χ4v) is 7.12. The maximum atomic E-state index is 3.46. The standard InChI is InChI=1S/C52H54/c1-49(2,3)41-27-23-35(45(33-41)39-25-29-43-37(31-39)19-15-21-47(43)51(7,8)9)17-13-14-18-36-24-28-42(50(4,5)6)34-46(36)40-26-30-44-38(32-40)20-16-22-48(44)52(10,11)12/h15-16,19-34H,1-12H3. The molecule has 0 aliphatic heterocycles. The number of benzene rings is 6. The molecule has 0 amide bonds. The van der Waals surface area contributed by atoms with E-state index in [-0.39, 0.29) is 21.7 Å². The predicted molar refractivity (Wildman–Crippen MR) is 227 cm³/mol. The van der Waals surface area contributed by atoms with Crippen molar-refractivity contribution >= 4 is 21.5 Å². The van der Waals surface area contributed by atoms with E-state index < -0.39 is 0 Å². The number of rotatable bonds is 2. The highest BCUT2D eigenvalue weighted by Gasteiger charge is 2.21. The topological polar surface area (TPSA) is 0 Å². The van der Waals surface area contributed by atoms with E-state index in [1.165, 1.54) is 54.9 Å². The van der Waals surface area contributed by atoms with Gasteiger partial charge in [0.2, 0.25) is 0 Å². The molecule has 0 radical (unpaired) electrons. The highest BCUT2D eigenvalue weighted by molar-refractivity contribution is 5.92. The molecular formula is C52H54. The molecule has 0 atom stereocenters. The molecule has 0 saturated carbocycles. The van der Waals surface area contributed by atoms with Gasteiger partial charge in [-0.1, -0.05) is 168 Å². The van der Waals surface area contributed by atoms with Crippen molar-refractivity contribution in [2.75, 3.05) is 0 Å². The molecule has 0 spiro atoms. The Morgan fingerprint density at radius 1 is 0.365 bits per heavy atom. The highest BCUT2D eigenvalue weighted by Crippen LogP contribution is 2.37. The predicted octanol–water partition coefficient (Wildman–Crippen LogP) is 13.9. The van der Waals surface area contributed by atoms with Gasteiger partial charge < -0.3 is 0 Å². The van der Waals surface area contributed by atoms with Gasteiger partial charge in [-0.05, 0) is 136 Å². The lowest BCUT2D eigenvalue weighted by molar-refractivity contribution is 0.590. The van der Waals surface area contributed by atoms with E-state index in [1.54, 1.807) is 0 Å². The van der Waals surface area contributed by atoms with Gasteiger partial charge in [0.1, 0.15) is 0 Å². The van der Waals surface area contributed by atoms with Crippen molar-refractivity contribution in [2.24, 2.45) is 0 Å². The zero-order valence-corrected chi connectivity index (χ0v) is 33.4. The van der Waals surface area contributed by atoms with Crippen LogP contribution >= 0.6 is 0 Å². The molecule has 0 N–H and O–H groups in total. The molecule has 0 saturated heterocycles. The van der Waals surface area contributed by atoms with Gasteiger partial charge in [-0.25, -0.2) is 0 Å². The average Bonchev–Trinajstić information content (AvgIpc) is 3.07. The molecule has 0 nitrogen and oxygen atoms in total. The molecule has 262 valence electrons. The Labute approximate surface area is 313 Å². The summed E-state index contributed by atoms with van der Waals surface area (Å²) in [6.07, 6.45) is 0. The largest absolute Gasteiger partial charge is 0.0613 e. The van der Waals surface area contributed by atoms with E-state index in [9.17, 15) is 0 Å². The van der Waals surface area contributed by atoms with Crippen LogP contribution in [0.4, 0.5) is 0 Å². The first kappa shape index (κ1) is 36.7. The van der Waals surface area contributed by atoms with Crippen LogP contribution in [0.5, 0.6) is 0 Å². The Kier molecular flexibility index (Phi) is 9.54. The maximum absolute atomic E-state index is 3.46. The Balaban J connectivity index is 1.44. The molecule has 0 aromatic heterocycles. The monoisotopic (exact) mass is 678 g/mol. The van der Waals surface area contributed by atoms with E-state index in [4.69, 9.17) is 0 Å². The van der Waals surface area contributed by atoms with Crippen LogP contribution < -0.4 is 0 Å². The van der Waals surface area contributed by atoms with Gasteiger partial charge >= 0.3 is 0 Å². The minimum atomic E-state index is 0.0173. The van der Waals surface area contributed by atoms with Crippen molar-refractivity contribution in [2.45, 2.75) is 105 Å². The smallest absolute Gasteiger partial charge is 0.0334 e. The Morgan fingerprint density at radius 2 is 0.750 bits per heavy atom. The third-order valence-corrected chi connectivity index (χ3v) is 10.2. The number of hydrogen-bond donors (Lipinski definition) is 0. The van der Waals surface area contributed by atoms with Crippen molar-refractivity contribution in [3.05, 3.63) is 143 Å². The third kappa shape index (κ3) is 7.74. The van der Waals surface area contributed by atoms with Gasteiger partial charge in [-0.15, -0.1) is 0 Å². The Morgan fingerprint density at radius 3 is 1.10 bits per heavy atom. The van der Waals surface area contributed by atoms with Crippen LogP contribution in [-0.2, 0) is 21.7 Å². The van der Waals surface area contributed by atoms with Crippen molar-refractivity contribution in [3.63, 3.8) is 0 Å². The molecule has 0 aliphatic carbocycles. The molecule has 0 aliphatic rings. The molecule has 0 unspecified atom stereocenters. The van der Waals surface area contributed by atoms with Crippen LogP contribution in [0.25, 0.3) is 43.8 Å². The summed E-state index contributed by atoms with van der Waals surface area (Å²) in [7, 11) is 0. The summed E-state index contributed by atoms with van der Waals surface area (Å²) in [6.45, 7) is 27.3. The van der Waals surface area contributed by atoms with Gasteiger partial charge in [-0.3, -0.25) is 0 Å². The summed E-state index contributed by atoms with van der Waals surface area (Å²) in [4.78, 5) is 0. The molecule has 6 aromatic carbocycles. The van der Waals surface area contributed by atoms with Gasteiger partial charge in [-0.2, -0.15) is 0 Å². The minimum absolute atomic E-state index is 0.0173. The SMILES string of the molecule is CC(C)(C)c1ccc(C#CC#Cc2ccc(C(C)(C)C)cc2-c2ccc3c(C(C)(C)C)cccc3c2)c(-c2ccc3c(C(C)(C)C)cccc3c2)c1. The maximum Gasteiger partial charge on any atom is 0.0334 e. The highest BCUT2D eigenvalue weighted by atomic mass is 14.2. The average molecular weight is 679 g/mol. The lowest BCUT2D eigenvalue weighted by Crippen LogP contribution is -2.11. The molecular weight excluding hydrogens is 625 g/mol. The lowest BCUT2D eigenvalue weighted by Gasteiger charge is -2.22. The van der Waals surface area contributed by atoms with E-state index in [2.05, 4.69) is 216 Å². The van der Waals surface area contributed by atoms with Crippen LogP contribution in [0.3, 0.4) is 0 Å². The molecule has 0 bridgehead atoms. The Hall–Kier alpha value is -5.04. The Bertz CT molecular complexity index is 2260. The van der Waals surface area contributed by atoms with Crippen molar-refractivity contribution in [1.82, 2.24) is 0 Å². The molecule has 6 aromatic rings. The van der Waals surface area contributed by atoms with E-state index in [1.807, 2.05) is 0 Å². The number of hydrogen-bond acceptors (Lipinski definition) is 0. The fraction of sp³-hybridized carbons (Fsp3) is 0.308. The van der Waals surface area contributed by atoms with Crippen molar-refractivity contribution < 1.29 is 0 Å². The first-order valence-electron chi connectivity index (χ1n) is 18.7. The second kappa shape index (κ2) is 13.5. The van der Waals surface area contributed by atoms with Crippen molar-refractivity contribution in [1.29, 1.82) is 0 Å². The van der Waals surface area contributed by atoms with Crippen LogP contribution in [0.1, 0.15) is 116 Å². The van der Waals surface area contributed by atoms with Crippen molar-refractivity contribution in [3.8, 4) is 45.9 Å². The van der Waals surface area contributed by atoms with Gasteiger partial charge in [0, 0.05) is 11.1 Å². The van der Waals surface area contributed by atoms with Crippen LogP contribution in [-0.4, -0.2) is 0 Å². The molecule has 6 rings (SSSR count). The first-order chi connectivity index (χ1) is 24.3. The van der Waals surface area contributed by atoms with Crippen LogP contribution in [0, 0.1) is 23.7 Å². The molecule has 52 heavy (non-hydrogen) atoms. The molecule has 0 heteroatoms. The van der Waals surface area contributed by atoms with Gasteiger partial charge in [0.05, 0.1) is 0 Å². The fourth-order valence-electron chi connectivity index (χ4n) is 7.12. The minimum Gasteiger partial charge on any atom is -0.0613 e. The summed E-state index contributed by atoms with van der Waals surface area (Å²) in [5.41, 5.74) is 12.1. The summed E-state index contributed by atoms with van der Waals surface area (Å²) in [5, 5.41) is 5.11. The zero-order valence-electron chi connectivity index (χ0n) is 33.4. The summed E-state index contributed by atoms with van der Waals surface area (Å²) in [5.74, 6) is 13.4. The first-order valence-corrected chi connectivity index (χ1v) is 18.7. The normalized spacial score (nSPS) is 12.3.